The first-order chi connectivity index (χ1) is 16.6. The molecular formula is C28H31NO5. The van der Waals surface area contributed by atoms with Crippen LogP contribution in [0.5, 0.6) is 17.2 Å². The van der Waals surface area contributed by atoms with E-state index in [2.05, 4.69) is 4.90 Å². The molecule has 0 saturated carbocycles. The van der Waals surface area contributed by atoms with Crippen molar-refractivity contribution in [3.8, 4) is 17.2 Å². The predicted octanol–water partition coefficient (Wildman–Crippen LogP) is 5.17. The van der Waals surface area contributed by atoms with Crippen molar-refractivity contribution in [2.24, 2.45) is 5.92 Å². The molecular weight excluding hydrogens is 430 g/mol. The third kappa shape index (κ3) is 5.18. The number of ether oxygens (including phenoxy) is 3. The highest BCUT2D eigenvalue weighted by Gasteiger charge is 2.35. The summed E-state index contributed by atoms with van der Waals surface area (Å²) in [5.41, 5.74) is 2.90. The van der Waals surface area contributed by atoms with Gasteiger partial charge in [0.25, 0.3) is 0 Å². The fourth-order valence-electron chi connectivity index (χ4n) is 4.70. The maximum absolute atomic E-state index is 11.9. The molecule has 6 nitrogen and oxygen atoms in total. The highest BCUT2D eigenvalue weighted by Crippen LogP contribution is 2.45. The lowest BCUT2D eigenvalue weighted by Crippen LogP contribution is -2.41. The molecule has 1 N–H and O–H groups in total. The molecule has 0 amide bonds. The van der Waals surface area contributed by atoms with Crippen LogP contribution in [-0.4, -0.2) is 43.3 Å². The van der Waals surface area contributed by atoms with Crippen LogP contribution in [0.4, 0.5) is 0 Å². The van der Waals surface area contributed by atoms with Gasteiger partial charge in [-0.3, -0.25) is 9.69 Å². The number of rotatable bonds is 9. The van der Waals surface area contributed by atoms with Crippen LogP contribution in [0.25, 0.3) is 0 Å². The van der Waals surface area contributed by atoms with E-state index >= 15 is 0 Å². The highest BCUT2D eigenvalue weighted by molar-refractivity contribution is 5.70. The van der Waals surface area contributed by atoms with Gasteiger partial charge in [-0.05, 0) is 43.1 Å². The van der Waals surface area contributed by atoms with E-state index < -0.39 is 11.9 Å². The molecule has 1 fully saturated rings. The van der Waals surface area contributed by atoms with Crippen molar-refractivity contribution >= 4 is 5.97 Å². The van der Waals surface area contributed by atoms with Crippen molar-refractivity contribution in [3.63, 3.8) is 0 Å². The molecule has 0 aliphatic carbocycles. The third-order valence-corrected chi connectivity index (χ3v) is 6.36. The summed E-state index contributed by atoms with van der Waals surface area (Å²) in [5, 5.41) is 9.74. The van der Waals surface area contributed by atoms with Crippen molar-refractivity contribution < 1.29 is 24.1 Å². The molecule has 0 aromatic heterocycles. The van der Waals surface area contributed by atoms with Gasteiger partial charge in [0, 0.05) is 12.1 Å². The van der Waals surface area contributed by atoms with Gasteiger partial charge in [0.15, 0.2) is 0 Å². The fourth-order valence-corrected chi connectivity index (χ4v) is 4.70. The van der Waals surface area contributed by atoms with Gasteiger partial charge in [0.2, 0.25) is 0 Å². The van der Waals surface area contributed by atoms with Crippen molar-refractivity contribution in [2.45, 2.75) is 25.5 Å². The number of likely N-dealkylation sites (tertiary alicyclic amines) is 1. The van der Waals surface area contributed by atoms with Crippen molar-refractivity contribution in [2.75, 3.05) is 27.3 Å². The van der Waals surface area contributed by atoms with Crippen molar-refractivity contribution in [1.82, 2.24) is 4.90 Å². The summed E-state index contributed by atoms with van der Waals surface area (Å²) in [5.74, 6) is 0.958. The minimum atomic E-state index is -0.760. The summed E-state index contributed by atoms with van der Waals surface area (Å²) in [6, 6.07) is 23.4. The zero-order valence-corrected chi connectivity index (χ0v) is 19.6. The third-order valence-electron chi connectivity index (χ3n) is 6.36. The minimum absolute atomic E-state index is 0.291. The van der Waals surface area contributed by atoms with Crippen LogP contribution in [-0.2, 0) is 11.4 Å². The number of piperidine rings is 1. The van der Waals surface area contributed by atoms with Gasteiger partial charge in [0.1, 0.15) is 23.9 Å². The van der Waals surface area contributed by atoms with E-state index in [0.717, 1.165) is 35.4 Å². The second kappa shape index (κ2) is 11.1. The number of benzene rings is 3. The molecule has 3 aromatic carbocycles. The lowest BCUT2D eigenvalue weighted by molar-refractivity contribution is -0.143. The van der Waals surface area contributed by atoms with Crippen LogP contribution in [0.2, 0.25) is 0 Å². The quantitative estimate of drug-likeness (QED) is 0.474. The topological polar surface area (TPSA) is 68.2 Å². The van der Waals surface area contributed by atoms with Gasteiger partial charge < -0.3 is 19.3 Å². The summed E-state index contributed by atoms with van der Waals surface area (Å²) in [4.78, 5) is 14.1. The molecule has 34 heavy (non-hydrogen) atoms. The molecule has 2 atom stereocenters. The number of carboxylic acid groups (broad SMARTS) is 1. The molecule has 1 heterocycles. The van der Waals surface area contributed by atoms with Gasteiger partial charge in [-0.1, -0.05) is 54.6 Å². The van der Waals surface area contributed by atoms with Crippen LogP contribution >= 0.6 is 0 Å². The summed E-state index contributed by atoms with van der Waals surface area (Å²) in [6.07, 6.45) is 1.48. The van der Waals surface area contributed by atoms with E-state index in [1.165, 1.54) is 0 Å². The molecule has 1 aliphatic heterocycles. The number of nitrogens with zero attached hydrogens (tertiary/aromatic N) is 1. The molecule has 6 heteroatoms. The maximum atomic E-state index is 11.9. The summed E-state index contributed by atoms with van der Waals surface area (Å²) in [7, 11) is 3.28. The van der Waals surface area contributed by atoms with Gasteiger partial charge in [-0.25, -0.2) is 0 Å². The Morgan fingerprint density at radius 2 is 1.59 bits per heavy atom. The van der Waals surface area contributed by atoms with Crippen molar-refractivity contribution in [1.29, 1.82) is 0 Å². The first kappa shape index (κ1) is 23.6. The van der Waals surface area contributed by atoms with Gasteiger partial charge >= 0.3 is 5.97 Å². The molecule has 3 aromatic rings. The molecule has 1 saturated heterocycles. The Labute approximate surface area is 200 Å². The lowest BCUT2D eigenvalue weighted by Gasteiger charge is -2.39. The Morgan fingerprint density at radius 1 is 0.941 bits per heavy atom. The molecule has 0 radical (unpaired) electrons. The van der Waals surface area contributed by atoms with E-state index in [4.69, 9.17) is 14.2 Å². The van der Waals surface area contributed by atoms with E-state index in [1.54, 1.807) is 14.2 Å². The monoisotopic (exact) mass is 461 g/mol. The average Bonchev–Trinajstić information content (AvgIpc) is 2.89. The normalized spacial score (nSPS) is 17.1. The predicted molar refractivity (Wildman–Crippen MR) is 131 cm³/mol. The fraction of sp³-hybridized carbons (Fsp3) is 0.321. The first-order valence-electron chi connectivity index (χ1n) is 11.6. The molecule has 4 rings (SSSR count). The molecule has 178 valence electrons. The van der Waals surface area contributed by atoms with Crippen LogP contribution in [0.3, 0.4) is 0 Å². The van der Waals surface area contributed by atoms with E-state index in [9.17, 15) is 9.90 Å². The van der Waals surface area contributed by atoms with E-state index in [1.807, 2.05) is 72.8 Å². The Hall–Kier alpha value is -3.51. The Morgan fingerprint density at radius 3 is 2.26 bits per heavy atom. The summed E-state index contributed by atoms with van der Waals surface area (Å²) < 4.78 is 17.8. The highest BCUT2D eigenvalue weighted by atomic mass is 16.5. The summed E-state index contributed by atoms with van der Waals surface area (Å²) >= 11 is 0. The largest absolute Gasteiger partial charge is 0.496 e. The second-order valence-electron chi connectivity index (χ2n) is 8.46. The number of methoxy groups -OCH3 is 2. The van der Waals surface area contributed by atoms with Crippen LogP contribution in [0.1, 0.15) is 35.6 Å². The number of aliphatic carboxylic acids is 1. The van der Waals surface area contributed by atoms with Gasteiger partial charge in [-0.15, -0.1) is 0 Å². The number of hydrogen-bond donors (Lipinski definition) is 1. The van der Waals surface area contributed by atoms with Crippen LogP contribution in [0.15, 0.2) is 72.8 Å². The van der Waals surface area contributed by atoms with E-state index in [0.29, 0.717) is 31.1 Å². The molecule has 0 bridgehead atoms. The van der Waals surface area contributed by atoms with Crippen LogP contribution in [0, 0.1) is 5.92 Å². The molecule has 0 spiro atoms. The standard InChI is InChI=1S/C28H31NO5/c1-32-24-15-8-16-25(33-2)26(24)27(29-17-9-12-21(18-29)28(30)31)22-13-6-7-14-23(22)34-19-20-10-4-3-5-11-20/h3-8,10-11,13-16,21,27H,9,12,17-19H2,1-2H3,(H,30,31). The zero-order valence-electron chi connectivity index (χ0n) is 19.6. The number of carbonyl (C=O) groups is 1. The lowest BCUT2D eigenvalue weighted by atomic mass is 9.90. The average molecular weight is 462 g/mol. The molecule has 1 aliphatic rings. The van der Waals surface area contributed by atoms with Crippen molar-refractivity contribution in [3.05, 3.63) is 89.5 Å². The Balaban J connectivity index is 1.79. The Kier molecular flexibility index (Phi) is 7.70. The number of carboxylic acids is 1. The van der Waals surface area contributed by atoms with Crippen LogP contribution < -0.4 is 14.2 Å². The molecule has 2 unspecified atom stereocenters. The van der Waals surface area contributed by atoms with Gasteiger partial charge in [-0.2, -0.15) is 0 Å². The zero-order chi connectivity index (χ0) is 23.9. The minimum Gasteiger partial charge on any atom is -0.496 e. The number of para-hydroxylation sites is 1. The summed E-state index contributed by atoms with van der Waals surface area (Å²) in [6.45, 7) is 1.64. The van der Waals surface area contributed by atoms with Gasteiger partial charge in [0.05, 0.1) is 31.7 Å². The van der Waals surface area contributed by atoms with E-state index in [-0.39, 0.29) is 6.04 Å². The maximum Gasteiger partial charge on any atom is 0.307 e. The SMILES string of the molecule is COc1cccc(OC)c1C(c1ccccc1OCc1ccccc1)N1CCCC(C(=O)O)C1. The Bertz CT molecular complexity index is 1080. The first-order valence-corrected chi connectivity index (χ1v) is 11.6. The number of hydrogen-bond acceptors (Lipinski definition) is 5. The smallest absolute Gasteiger partial charge is 0.307 e. The second-order valence-corrected chi connectivity index (χ2v) is 8.46.